The Bertz CT molecular complexity index is 1560. The fraction of sp³-hybridized carbons (Fsp3) is 0.545. The summed E-state index contributed by atoms with van der Waals surface area (Å²) in [5, 5.41) is 18.3. The van der Waals surface area contributed by atoms with Crippen molar-refractivity contribution in [1.29, 1.82) is 0 Å². The molecule has 6 N–H and O–H groups in total. The van der Waals surface area contributed by atoms with Crippen LogP contribution in [0, 0.1) is 11.3 Å². The van der Waals surface area contributed by atoms with Crippen LogP contribution < -0.4 is 26.8 Å². The molecular formula is C33H45ClF4N8O5. The molecule has 282 valence electrons. The summed E-state index contributed by atoms with van der Waals surface area (Å²) in [5.41, 5.74) is 7.33. The molecule has 4 heterocycles. The second-order valence-electron chi connectivity index (χ2n) is 13.0. The molecule has 0 aromatic heterocycles. The zero-order chi connectivity index (χ0) is 37.7. The van der Waals surface area contributed by atoms with Crippen LogP contribution in [0.4, 0.5) is 23.2 Å². The Morgan fingerprint density at radius 1 is 1.27 bits per heavy atom. The van der Waals surface area contributed by atoms with Gasteiger partial charge in [0, 0.05) is 37.3 Å². The lowest BCUT2D eigenvalue weighted by Gasteiger charge is -2.45. The van der Waals surface area contributed by atoms with Gasteiger partial charge in [-0.3, -0.25) is 19.4 Å². The van der Waals surface area contributed by atoms with Crippen LogP contribution in [0.15, 0.2) is 52.7 Å². The van der Waals surface area contributed by atoms with Crippen LogP contribution in [-0.2, 0) is 25.3 Å². The van der Waals surface area contributed by atoms with E-state index in [4.69, 9.17) is 26.2 Å². The lowest BCUT2D eigenvalue weighted by atomic mass is 9.70. The second kappa shape index (κ2) is 16.6. The predicted octanol–water partition coefficient (Wildman–Crippen LogP) is 3.41. The summed E-state index contributed by atoms with van der Waals surface area (Å²) in [6.45, 7) is 4.96. The highest BCUT2D eigenvalue weighted by Gasteiger charge is 2.56. The van der Waals surface area contributed by atoms with E-state index in [2.05, 4.69) is 26.8 Å². The molecule has 1 aromatic carbocycles. The Kier molecular flexibility index (Phi) is 13.0. The topological polar surface area (TPSA) is 160 Å². The molecular weight excluding hydrogens is 700 g/mol. The smallest absolute Gasteiger partial charge is 0.416 e. The number of allylic oxidation sites excluding steroid dienone is 2. The highest BCUT2D eigenvalue weighted by atomic mass is 35.5. The van der Waals surface area contributed by atoms with Gasteiger partial charge in [-0.25, -0.2) is 14.8 Å². The van der Waals surface area contributed by atoms with Crippen LogP contribution in [0.2, 0.25) is 5.02 Å². The summed E-state index contributed by atoms with van der Waals surface area (Å²) in [7, 11) is 5.22. The number of carbonyl (C=O) groups excluding carboxylic acids is 3. The summed E-state index contributed by atoms with van der Waals surface area (Å²) in [6, 6.07) is 2.62. The monoisotopic (exact) mass is 744 g/mol. The third-order valence-corrected chi connectivity index (χ3v) is 9.61. The Hall–Kier alpha value is -3.90. The van der Waals surface area contributed by atoms with E-state index in [-0.39, 0.29) is 23.2 Å². The lowest BCUT2D eigenvalue weighted by molar-refractivity contribution is -0.139. The maximum atomic E-state index is 15.9. The molecule has 4 aliphatic heterocycles. The van der Waals surface area contributed by atoms with Gasteiger partial charge in [0.25, 0.3) is 5.91 Å². The first kappa shape index (κ1) is 39.9. The number of fused-ring (bicyclic) bond motifs is 1. The van der Waals surface area contributed by atoms with Crippen molar-refractivity contribution in [3.05, 3.63) is 63.3 Å². The largest absolute Gasteiger partial charge is 0.493 e. The van der Waals surface area contributed by atoms with Crippen molar-refractivity contribution in [2.45, 2.75) is 51.6 Å². The number of likely N-dealkylation sites (tertiary alicyclic amines) is 1. The molecule has 0 bridgehead atoms. The molecule has 0 radical (unpaired) electrons. The predicted molar refractivity (Wildman–Crippen MR) is 182 cm³/mol. The number of benzene rings is 1. The number of piperidine rings is 1. The zero-order valence-electron chi connectivity index (χ0n) is 29.1. The SMILES string of the molecule is CC1=C(O)N1.CC1CC2(CCN(C)CC2F)C2=C1NN(C)C(C1=CCOCC1)NN(CC(=O)Nc1ccc(C(F)(F)F)cc1Cl)C2=O.CNC=O. The van der Waals surface area contributed by atoms with Gasteiger partial charge in [0.05, 0.1) is 35.2 Å². The van der Waals surface area contributed by atoms with Gasteiger partial charge < -0.3 is 36.1 Å². The molecule has 6 rings (SSSR count). The number of rotatable bonds is 5. The molecule has 0 saturated carbocycles. The number of carbonyl (C=O) groups is 3. The van der Waals surface area contributed by atoms with Crippen LogP contribution >= 0.6 is 11.6 Å². The van der Waals surface area contributed by atoms with Crippen molar-refractivity contribution < 1.29 is 41.8 Å². The number of likely N-dealkylation sites (N-methyl/N-ethyl adjacent to an activating group) is 1. The number of hydrazine groups is 2. The van der Waals surface area contributed by atoms with Gasteiger partial charge in [-0.15, -0.1) is 0 Å². The number of aliphatic hydroxyl groups is 1. The first-order chi connectivity index (χ1) is 24.0. The summed E-state index contributed by atoms with van der Waals surface area (Å²) < 4.78 is 60.7. The van der Waals surface area contributed by atoms with Gasteiger partial charge in [0.2, 0.25) is 18.2 Å². The molecule has 4 unspecified atom stereocenters. The third-order valence-electron chi connectivity index (χ3n) is 9.30. The number of nitrogens with one attached hydrogen (secondary N) is 5. The summed E-state index contributed by atoms with van der Waals surface area (Å²) in [4.78, 5) is 38.6. The standard InChI is InChI=1S/C28H35ClF4N6O3.C3H5NO.C2H5NO/c1-16-13-27(8-9-37(2)14-21(27)30)23-24(16)35-38(3)25(17-6-10-42-11-7-17)36-39(26(23)41)15-22(40)34-20-5-4-18(12-19(20)29)28(31,32)33;1-2-3(5)4-2;1-3-2-4/h4-6,12,16,21,25,35-36H,7-11,13-15H2,1-3H3,(H,34,40);4-5H,1H3;2H,1H3,(H,3,4). The van der Waals surface area contributed by atoms with Crippen LogP contribution in [0.1, 0.15) is 38.7 Å². The Balaban J connectivity index is 0.000000571. The van der Waals surface area contributed by atoms with Crippen LogP contribution in [0.3, 0.4) is 0 Å². The first-order valence-electron chi connectivity index (χ1n) is 16.4. The number of ether oxygens (including phenoxy) is 1. The fourth-order valence-corrected chi connectivity index (χ4v) is 6.78. The molecule has 51 heavy (non-hydrogen) atoms. The molecule has 1 fully saturated rings. The van der Waals surface area contributed by atoms with Crippen molar-refractivity contribution in [1.82, 2.24) is 36.4 Å². The molecule has 1 aromatic rings. The summed E-state index contributed by atoms with van der Waals surface area (Å²) in [6.07, 6.45) is -2.42. The summed E-state index contributed by atoms with van der Waals surface area (Å²) in [5.74, 6) is -1.01. The molecule has 3 amide bonds. The molecule has 18 heteroatoms. The number of nitrogens with zero attached hydrogens (tertiary/aromatic N) is 3. The van der Waals surface area contributed by atoms with Crippen molar-refractivity contribution in [3.8, 4) is 0 Å². The van der Waals surface area contributed by atoms with E-state index in [0.717, 1.165) is 29.5 Å². The van der Waals surface area contributed by atoms with Gasteiger partial charge in [-0.05, 0) is 69.5 Å². The van der Waals surface area contributed by atoms with Gasteiger partial charge in [0.1, 0.15) is 18.9 Å². The van der Waals surface area contributed by atoms with Crippen LogP contribution in [-0.4, -0.2) is 105 Å². The first-order valence-corrected chi connectivity index (χ1v) is 16.8. The maximum Gasteiger partial charge on any atom is 0.416 e. The highest BCUT2D eigenvalue weighted by Crippen LogP contribution is 2.53. The number of anilines is 1. The number of amides is 3. The molecule has 1 spiro atoms. The highest BCUT2D eigenvalue weighted by molar-refractivity contribution is 6.33. The van der Waals surface area contributed by atoms with Gasteiger partial charge in [0.15, 0.2) is 0 Å². The second-order valence-corrected chi connectivity index (χ2v) is 13.4. The van der Waals surface area contributed by atoms with Crippen LogP contribution in [0.5, 0.6) is 0 Å². The Morgan fingerprint density at radius 3 is 2.47 bits per heavy atom. The average Bonchev–Trinajstić information content (AvgIpc) is 3.66. The van der Waals surface area contributed by atoms with Gasteiger partial charge >= 0.3 is 6.18 Å². The molecule has 4 atom stereocenters. The van der Waals surface area contributed by atoms with E-state index in [1.807, 2.05) is 43.9 Å². The summed E-state index contributed by atoms with van der Waals surface area (Å²) >= 11 is 6.06. The number of aliphatic hydroxyl groups excluding tert-OH is 1. The molecule has 1 aliphatic carbocycles. The van der Waals surface area contributed by atoms with Crippen molar-refractivity contribution in [2.75, 3.05) is 59.3 Å². The fourth-order valence-electron chi connectivity index (χ4n) is 6.55. The van der Waals surface area contributed by atoms with E-state index < -0.39 is 47.9 Å². The van der Waals surface area contributed by atoms with Crippen molar-refractivity contribution in [2.24, 2.45) is 11.3 Å². The van der Waals surface area contributed by atoms with Gasteiger partial charge in [-0.2, -0.15) is 13.2 Å². The minimum absolute atomic E-state index is 0.0263. The van der Waals surface area contributed by atoms with Gasteiger partial charge in [-0.1, -0.05) is 24.6 Å². The van der Waals surface area contributed by atoms with Crippen molar-refractivity contribution in [3.63, 3.8) is 0 Å². The van der Waals surface area contributed by atoms with Crippen molar-refractivity contribution >= 4 is 35.5 Å². The van der Waals surface area contributed by atoms with E-state index in [9.17, 15) is 22.8 Å². The van der Waals surface area contributed by atoms with E-state index in [0.29, 0.717) is 62.6 Å². The molecule has 5 aliphatic rings. The molecule has 1 saturated heterocycles. The lowest BCUT2D eigenvalue weighted by Crippen LogP contribution is -2.63. The quantitative estimate of drug-likeness (QED) is 0.150. The maximum absolute atomic E-state index is 15.9. The number of hydrogen-bond donors (Lipinski definition) is 6. The number of halogens is 5. The number of hydrogen-bond acceptors (Lipinski definition) is 10. The van der Waals surface area contributed by atoms with E-state index >= 15 is 4.39 Å². The average molecular weight is 745 g/mol. The van der Waals surface area contributed by atoms with E-state index in [1.165, 1.54) is 5.01 Å². The number of alkyl halides is 4. The normalized spacial score (nSPS) is 26.6. The zero-order valence-corrected chi connectivity index (χ0v) is 29.8. The van der Waals surface area contributed by atoms with Crippen LogP contribution in [0.25, 0.3) is 0 Å². The Morgan fingerprint density at radius 2 is 1.94 bits per heavy atom. The minimum atomic E-state index is -4.59. The molecule has 13 nitrogen and oxygen atoms in total. The minimum Gasteiger partial charge on any atom is -0.493 e. The van der Waals surface area contributed by atoms with E-state index in [1.54, 1.807) is 7.05 Å². The Labute approximate surface area is 299 Å². The third kappa shape index (κ3) is 9.51.